The zero-order valence-electron chi connectivity index (χ0n) is 27.6. The first-order chi connectivity index (χ1) is 24.5. The quantitative estimate of drug-likeness (QED) is 0.119. The van der Waals surface area contributed by atoms with Crippen molar-refractivity contribution in [3.8, 4) is 23.0 Å². The fourth-order valence-electron chi connectivity index (χ4n) is 6.63. The van der Waals surface area contributed by atoms with E-state index in [0.29, 0.717) is 85.4 Å². The molecule has 0 radical (unpaired) electrons. The number of aliphatic carboxylic acids is 1. The lowest BCUT2D eigenvalue weighted by molar-refractivity contribution is -0.139. The Morgan fingerprint density at radius 1 is 0.824 bits per heavy atom. The Morgan fingerprint density at radius 2 is 1.47 bits per heavy atom. The molecule has 264 valence electrons. The van der Waals surface area contributed by atoms with Crippen LogP contribution in [0.2, 0.25) is 0 Å². The number of benzene rings is 3. The van der Waals surface area contributed by atoms with Crippen molar-refractivity contribution in [3.63, 3.8) is 0 Å². The lowest BCUT2D eigenvalue weighted by Gasteiger charge is -2.37. The first kappa shape index (κ1) is 34.7. The van der Waals surface area contributed by atoms with Crippen LogP contribution in [0.1, 0.15) is 77.6 Å². The standard InChI is InChI=1S/C38H37N3O10/c1-22-26-19-23(9-12-27(26)38(51-22)28-13-10-24(42)20-31(28)50-32-21-25(43)11-14-29(32)38)36(47)40-30(37(48)49)7-4-5-17-39-33(44)8-3-2-6-18-41-34(45)15-16-35(41)46/h9-16,19-21,30,42-43H,1-8,17-18H2,(H,39,44)(H,40,47)(H,48,49). The number of imide groups is 1. The van der Waals surface area contributed by atoms with Gasteiger partial charge in [-0.3, -0.25) is 24.1 Å². The molecule has 3 aromatic rings. The van der Waals surface area contributed by atoms with E-state index in [1.807, 2.05) is 0 Å². The van der Waals surface area contributed by atoms with Gasteiger partial charge in [0, 0.05) is 71.6 Å². The van der Waals surface area contributed by atoms with Gasteiger partial charge in [-0.05, 0) is 68.5 Å². The highest BCUT2D eigenvalue weighted by molar-refractivity contribution is 6.12. The van der Waals surface area contributed by atoms with Gasteiger partial charge in [0.1, 0.15) is 34.8 Å². The number of ether oxygens (including phenoxy) is 2. The van der Waals surface area contributed by atoms with E-state index in [2.05, 4.69) is 17.2 Å². The highest BCUT2D eigenvalue weighted by atomic mass is 16.5. The number of phenols is 2. The summed E-state index contributed by atoms with van der Waals surface area (Å²) in [4.78, 5) is 61.9. The van der Waals surface area contributed by atoms with Gasteiger partial charge in [0.25, 0.3) is 17.7 Å². The van der Waals surface area contributed by atoms with Crippen molar-refractivity contribution in [2.75, 3.05) is 13.1 Å². The second kappa shape index (κ2) is 14.4. The molecule has 3 aliphatic heterocycles. The molecule has 1 unspecified atom stereocenters. The number of carbonyl (C=O) groups excluding carboxylic acids is 4. The Labute approximate surface area is 293 Å². The van der Waals surface area contributed by atoms with Crippen molar-refractivity contribution >= 4 is 35.4 Å². The van der Waals surface area contributed by atoms with Crippen LogP contribution in [0.4, 0.5) is 0 Å². The molecule has 3 heterocycles. The van der Waals surface area contributed by atoms with E-state index in [4.69, 9.17) is 9.47 Å². The third-order valence-corrected chi connectivity index (χ3v) is 9.18. The van der Waals surface area contributed by atoms with E-state index in [0.717, 1.165) is 0 Å². The average molecular weight is 696 g/mol. The van der Waals surface area contributed by atoms with Crippen LogP contribution in [-0.2, 0) is 29.5 Å². The SMILES string of the molecule is C=C1OC2(c3ccc(O)cc3Oc3cc(O)ccc32)c2ccc(C(=O)NC(CCCCNC(=O)CCCCCN3C(=O)C=CC3=O)C(=O)O)cc21. The summed E-state index contributed by atoms with van der Waals surface area (Å²) < 4.78 is 12.5. The number of hydrogen-bond donors (Lipinski definition) is 5. The number of fused-ring (bicyclic) bond motifs is 6. The van der Waals surface area contributed by atoms with Gasteiger partial charge in [0.2, 0.25) is 5.91 Å². The van der Waals surface area contributed by atoms with E-state index in [1.165, 1.54) is 41.3 Å². The largest absolute Gasteiger partial charge is 0.508 e. The fraction of sp³-hybridized carbons (Fsp3) is 0.289. The molecular formula is C38H37N3O10. The van der Waals surface area contributed by atoms with Gasteiger partial charge >= 0.3 is 5.97 Å². The molecule has 1 spiro atoms. The number of carboxylic acid groups (broad SMARTS) is 1. The second-order valence-electron chi connectivity index (χ2n) is 12.6. The summed E-state index contributed by atoms with van der Waals surface area (Å²) >= 11 is 0. The van der Waals surface area contributed by atoms with Crippen LogP contribution in [0.25, 0.3) is 5.76 Å². The summed E-state index contributed by atoms with van der Waals surface area (Å²) in [6, 6.07) is 13.0. The number of unbranched alkanes of at least 4 members (excludes halogenated alkanes) is 3. The van der Waals surface area contributed by atoms with Crippen LogP contribution in [0.3, 0.4) is 0 Å². The topological polar surface area (TPSA) is 192 Å². The average Bonchev–Trinajstić information content (AvgIpc) is 3.57. The number of nitrogens with zero attached hydrogens (tertiary/aromatic N) is 1. The van der Waals surface area contributed by atoms with Crippen molar-refractivity contribution in [1.82, 2.24) is 15.5 Å². The van der Waals surface area contributed by atoms with Gasteiger partial charge in [0.15, 0.2) is 5.60 Å². The summed E-state index contributed by atoms with van der Waals surface area (Å²) in [5.41, 5.74) is 1.30. The summed E-state index contributed by atoms with van der Waals surface area (Å²) in [5.74, 6) is -1.69. The van der Waals surface area contributed by atoms with Crippen LogP contribution in [0, 0.1) is 0 Å². The first-order valence-electron chi connectivity index (χ1n) is 16.7. The number of carbonyl (C=O) groups is 5. The molecular weight excluding hydrogens is 658 g/mol. The maximum atomic E-state index is 13.3. The first-order valence-corrected chi connectivity index (χ1v) is 16.7. The van der Waals surface area contributed by atoms with Gasteiger partial charge in [-0.25, -0.2) is 4.79 Å². The number of aromatic hydroxyl groups is 2. The lowest BCUT2D eigenvalue weighted by atomic mass is 9.77. The predicted octanol–water partition coefficient (Wildman–Crippen LogP) is 4.45. The summed E-state index contributed by atoms with van der Waals surface area (Å²) in [7, 11) is 0. The van der Waals surface area contributed by atoms with Crippen LogP contribution < -0.4 is 15.4 Å². The third kappa shape index (κ3) is 7.00. The minimum atomic E-state index is -1.25. The highest BCUT2D eigenvalue weighted by Gasteiger charge is 2.52. The molecule has 3 aliphatic rings. The molecule has 0 saturated heterocycles. The number of hydrogen-bond acceptors (Lipinski definition) is 9. The molecule has 5 N–H and O–H groups in total. The van der Waals surface area contributed by atoms with Gasteiger partial charge in [-0.1, -0.05) is 19.1 Å². The monoisotopic (exact) mass is 695 g/mol. The molecule has 13 heteroatoms. The zero-order valence-corrected chi connectivity index (χ0v) is 27.6. The van der Waals surface area contributed by atoms with Gasteiger partial charge in [-0.15, -0.1) is 0 Å². The molecule has 0 bridgehead atoms. The molecule has 0 saturated carbocycles. The highest BCUT2D eigenvalue weighted by Crippen LogP contribution is 2.59. The number of rotatable bonds is 14. The van der Waals surface area contributed by atoms with Crippen molar-refractivity contribution in [1.29, 1.82) is 0 Å². The molecule has 6 rings (SSSR count). The second-order valence-corrected chi connectivity index (χ2v) is 12.6. The number of carboxylic acids is 1. The Balaban J connectivity index is 1.03. The maximum absolute atomic E-state index is 13.3. The molecule has 4 amide bonds. The maximum Gasteiger partial charge on any atom is 0.326 e. The molecule has 0 fully saturated rings. The number of nitrogens with one attached hydrogen (secondary N) is 2. The number of amides is 4. The van der Waals surface area contributed by atoms with Crippen molar-refractivity contribution in [2.45, 2.75) is 56.6 Å². The Hall–Kier alpha value is -6.11. The molecule has 51 heavy (non-hydrogen) atoms. The predicted molar refractivity (Wildman–Crippen MR) is 183 cm³/mol. The van der Waals surface area contributed by atoms with E-state index < -0.39 is 23.5 Å². The van der Waals surface area contributed by atoms with Crippen molar-refractivity contribution in [2.24, 2.45) is 0 Å². The van der Waals surface area contributed by atoms with Crippen molar-refractivity contribution < 1.29 is 48.8 Å². The Morgan fingerprint density at radius 3 is 2.12 bits per heavy atom. The van der Waals surface area contributed by atoms with E-state index in [1.54, 1.807) is 30.3 Å². The summed E-state index contributed by atoms with van der Waals surface area (Å²) in [5, 5.41) is 35.6. The molecule has 3 aromatic carbocycles. The fourth-order valence-corrected chi connectivity index (χ4v) is 6.63. The molecule has 0 aromatic heterocycles. The Kier molecular flexibility index (Phi) is 9.81. The zero-order chi connectivity index (χ0) is 36.3. The lowest BCUT2D eigenvalue weighted by Crippen LogP contribution is -2.41. The van der Waals surface area contributed by atoms with Gasteiger partial charge < -0.3 is 35.4 Å². The van der Waals surface area contributed by atoms with Gasteiger partial charge in [0.05, 0.1) is 0 Å². The van der Waals surface area contributed by atoms with Gasteiger partial charge in [-0.2, -0.15) is 0 Å². The summed E-state index contributed by atoms with van der Waals surface area (Å²) in [6.45, 7) is 4.76. The summed E-state index contributed by atoms with van der Waals surface area (Å²) in [6.07, 6.45) is 5.79. The smallest absolute Gasteiger partial charge is 0.326 e. The van der Waals surface area contributed by atoms with E-state index in [-0.39, 0.29) is 47.0 Å². The molecule has 0 aliphatic carbocycles. The van der Waals surface area contributed by atoms with E-state index in [9.17, 15) is 39.3 Å². The number of phenolic OH excluding ortho intramolecular Hbond substituents is 2. The minimum absolute atomic E-state index is 0.0241. The van der Waals surface area contributed by atoms with Crippen molar-refractivity contribution in [3.05, 3.63) is 101 Å². The van der Waals surface area contributed by atoms with Crippen LogP contribution in [0.15, 0.2) is 73.3 Å². The van der Waals surface area contributed by atoms with Crippen LogP contribution >= 0.6 is 0 Å². The third-order valence-electron chi connectivity index (χ3n) is 9.18. The molecule has 13 nitrogen and oxygen atoms in total. The molecule has 1 atom stereocenters. The minimum Gasteiger partial charge on any atom is -0.508 e. The Bertz CT molecular complexity index is 1900. The van der Waals surface area contributed by atoms with Crippen LogP contribution in [0.5, 0.6) is 23.0 Å². The normalized spacial score (nSPS) is 15.5. The van der Waals surface area contributed by atoms with E-state index >= 15 is 0 Å². The van der Waals surface area contributed by atoms with Crippen LogP contribution in [-0.4, -0.2) is 68.9 Å².